The van der Waals surface area contributed by atoms with E-state index in [0.29, 0.717) is 17.1 Å². The van der Waals surface area contributed by atoms with Crippen LogP contribution >= 0.6 is 0 Å². The number of azo groups is 1. The van der Waals surface area contributed by atoms with Gasteiger partial charge in [-0.15, -0.1) is 5.11 Å². The molecule has 0 amide bonds. The van der Waals surface area contributed by atoms with Gasteiger partial charge in [-0.2, -0.15) is 5.11 Å². The van der Waals surface area contributed by atoms with Gasteiger partial charge in [0.15, 0.2) is 0 Å². The fourth-order valence-electron chi connectivity index (χ4n) is 1.21. The molecule has 0 heterocycles. The van der Waals surface area contributed by atoms with E-state index in [1.54, 1.807) is 36.4 Å². The predicted molar refractivity (Wildman–Crippen MR) is 63.1 cm³/mol. The summed E-state index contributed by atoms with van der Waals surface area (Å²) in [6.45, 7) is 0. The zero-order chi connectivity index (χ0) is 11.4. The third-order valence-electron chi connectivity index (χ3n) is 2.06. The molecule has 2 aromatic carbocycles. The first-order valence-corrected chi connectivity index (χ1v) is 4.81. The molecule has 4 nitrogen and oxygen atoms in total. The maximum Gasteiger partial charge on any atom is 0.115 e. The highest BCUT2D eigenvalue weighted by atomic mass is 16.3. The minimum Gasteiger partial charge on any atom is -0.508 e. The maximum absolute atomic E-state index is 9.09. The van der Waals surface area contributed by atoms with Gasteiger partial charge in [0.1, 0.15) is 11.4 Å². The standard InChI is InChI=1S/C12H11N3O/c13-11-3-1-2-4-12(11)15-14-9-5-7-10(16)8-6-9/h1-8,16H,13H2. The Labute approximate surface area is 93.1 Å². The zero-order valence-electron chi connectivity index (χ0n) is 8.54. The van der Waals surface area contributed by atoms with Crippen LogP contribution < -0.4 is 5.73 Å². The van der Waals surface area contributed by atoms with Crippen molar-refractivity contribution in [2.75, 3.05) is 5.73 Å². The lowest BCUT2D eigenvalue weighted by Crippen LogP contribution is -1.82. The molecule has 16 heavy (non-hydrogen) atoms. The summed E-state index contributed by atoms with van der Waals surface area (Å²) < 4.78 is 0. The van der Waals surface area contributed by atoms with Gasteiger partial charge >= 0.3 is 0 Å². The van der Waals surface area contributed by atoms with E-state index in [1.807, 2.05) is 12.1 Å². The van der Waals surface area contributed by atoms with E-state index in [0.717, 1.165) is 0 Å². The van der Waals surface area contributed by atoms with Gasteiger partial charge in [-0.05, 0) is 36.4 Å². The lowest BCUT2D eigenvalue weighted by molar-refractivity contribution is 0.475. The van der Waals surface area contributed by atoms with E-state index in [1.165, 1.54) is 0 Å². The minimum atomic E-state index is 0.207. The summed E-state index contributed by atoms with van der Waals surface area (Å²) in [6, 6.07) is 13.7. The first-order chi connectivity index (χ1) is 7.75. The van der Waals surface area contributed by atoms with Gasteiger partial charge in [0.2, 0.25) is 0 Å². The van der Waals surface area contributed by atoms with Gasteiger partial charge in [0.25, 0.3) is 0 Å². The normalized spacial score (nSPS) is 10.8. The second-order valence-electron chi connectivity index (χ2n) is 3.28. The number of para-hydroxylation sites is 1. The molecular formula is C12H11N3O. The Bertz CT molecular complexity index is 506. The maximum atomic E-state index is 9.09. The molecular weight excluding hydrogens is 202 g/mol. The lowest BCUT2D eigenvalue weighted by Gasteiger charge is -1.97. The molecule has 0 atom stereocenters. The summed E-state index contributed by atoms with van der Waals surface area (Å²) in [7, 11) is 0. The van der Waals surface area contributed by atoms with Gasteiger partial charge in [-0.25, -0.2) is 0 Å². The van der Waals surface area contributed by atoms with Crippen LogP contribution in [-0.2, 0) is 0 Å². The summed E-state index contributed by atoms with van der Waals surface area (Å²) in [5.74, 6) is 0.207. The first kappa shape index (κ1) is 10.2. The van der Waals surface area contributed by atoms with Crippen LogP contribution in [0.1, 0.15) is 0 Å². The molecule has 0 aliphatic heterocycles. The molecule has 0 bridgehead atoms. The van der Waals surface area contributed by atoms with Gasteiger partial charge in [-0.1, -0.05) is 12.1 Å². The summed E-state index contributed by atoms with van der Waals surface area (Å²) in [6.07, 6.45) is 0. The molecule has 0 fully saturated rings. The largest absolute Gasteiger partial charge is 0.508 e. The molecule has 2 aromatic rings. The van der Waals surface area contributed by atoms with Crippen LogP contribution in [0.25, 0.3) is 0 Å². The first-order valence-electron chi connectivity index (χ1n) is 4.81. The SMILES string of the molecule is Nc1ccccc1N=Nc1ccc(O)cc1. The molecule has 0 aliphatic carbocycles. The molecule has 0 aliphatic rings. The van der Waals surface area contributed by atoms with Crippen molar-refractivity contribution in [1.29, 1.82) is 0 Å². The van der Waals surface area contributed by atoms with Crippen LogP contribution in [0, 0.1) is 0 Å². The average Bonchev–Trinajstić information content (AvgIpc) is 2.30. The van der Waals surface area contributed by atoms with E-state index in [-0.39, 0.29) is 5.75 Å². The van der Waals surface area contributed by atoms with Crippen molar-refractivity contribution in [3.8, 4) is 5.75 Å². The van der Waals surface area contributed by atoms with Crippen molar-refractivity contribution in [2.45, 2.75) is 0 Å². The molecule has 2 rings (SSSR count). The summed E-state index contributed by atoms with van der Waals surface area (Å²) in [4.78, 5) is 0. The van der Waals surface area contributed by atoms with Crippen molar-refractivity contribution in [2.24, 2.45) is 10.2 Å². The Morgan fingerprint density at radius 3 is 2.25 bits per heavy atom. The van der Waals surface area contributed by atoms with Crippen molar-refractivity contribution in [3.63, 3.8) is 0 Å². The van der Waals surface area contributed by atoms with Gasteiger partial charge in [0.05, 0.1) is 11.4 Å². The van der Waals surface area contributed by atoms with Crippen molar-refractivity contribution < 1.29 is 5.11 Å². The minimum absolute atomic E-state index is 0.207. The van der Waals surface area contributed by atoms with Crippen LogP contribution in [0.15, 0.2) is 58.8 Å². The summed E-state index contributed by atoms with van der Waals surface area (Å²) in [5.41, 5.74) is 7.61. The number of rotatable bonds is 2. The zero-order valence-corrected chi connectivity index (χ0v) is 8.54. The molecule has 0 saturated heterocycles. The Morgan fingerprint density at radius 1 is 0.875 bits per heavy atom. The quantitative estimate of drug-likeness (QED) is 0.592. The monoisotopic (exact) mass is 213 g/mol. The number of benzene rings is 2. The summed E-state index contributed by atoms with van der Waals surface area (Å²) in [5, 5.41) is 17.1. The second-order valence-corrected chi connectivity index (χ2v) is 3.28. The van der Waals surface area contributed by atoms with Gasteiger partial charge in [0, 0.05) is 0 Å². The van der Waals surface area contributed by atoms with Crippen LogP contribution in [0.3, 0.4) is 0 Å². The van der Waals surface area contributed by atoms with Crippen LogP contribution in [0.4, 0.5) is 17.1 Å². The Hall–Kier alpha value is -2.36. The van der Waals surface area contributed by atoms with Crippen molar-refractivity contribution in [3.05, 3.63) is 48.5 Å². The highest BCUT2D eigenvalue weighted by molar-refractivity contribution is 5.61. The van der Waals surface area contributed by atoms with Crippen LogP contribution in [0.5, 0.6) is 5.75 Å². The highest BCUT2D eigenvalue weighted by Gasteiger charge is 1.94. The van der Waals surface area contributed by atoms with E-state index in [2.05, 4.69) is 10.2 Å². The summed E-state index contributed by atoms with van der Waals surface area (Å²) >= 11 is 0. The predicted octanol–water partition coefficient (Wildman–Crippen LogP) is 3.39. The number of anilines is 1. The Morgan fingerprint density at radius 2 is 1.56 bits per heavy atom. The number of nitrogens with zero attached hydrogens (tertiary/aromatic N) is 2. The average molecular weight is 213 g/mol. The number of hydrogen-bond donors (Lipinski definition) is 2. The lowest BCUT2D eigenvalue weighted by atomic mass is 10.3. The molecule has 4 heteroatoms. The topological polar surface area (TPSA) is 71.0 Å². The molecule has 0 aromatic heterocycles. The molecule has 0 saturated carbocycles. The van der Waals surface area contributed by atoms with E-state index in [9.17, 15) is 0 Å². The highest BCUT2D eigenvalue weighted by Crippen LogP contribution is 2.24. The molecule has 3 N–H and O–H groups in total. The third-order valence-corrected chi connectivity index (χ3v) is 2.06. The number of nitrogens with two attached hydrogens (primary N) is 1. The number of aromatic hydroxyl groups is 1. The molecule has 80 valence electrons. The van der Waals surface area contributed by atoms with E-state index in [4.69, 9.17) is 10.8 Å². The van der Waals surface area contributed by atoms with Crippen molar-refractivity contribution >= 4 is 17.1 Å². The van der Waals surface area contributed by atoms with Crippen molar-refractivity contribution in [1.82, 2.24) is 0 Å². The Balaban J connectivity index is 2.21. The van der Waals surface area contributed by atoms with E-state index < -0.39 is 0 Å². The second kappa shape index (κ2) is 4.44. The number of phenolic OH excluding ortho intramolecular Hbond substituents is 1. The number of phenols is 1. The van der Waals surface area contributed by atoms with Crippen LogP contribution in [-0.4, -0.2) is 5.11 Å². The van der Waals surface area contributed by atoms with Gasteiger partial charge in [-0.3, -0.25) is 0 Å². The fraction of sp³-hybridized carbons (Fsp3) is 0. The Kier molecular flexibility index (Phi) is 2.82. The molecule has 0 unspecified atom stereocenters. The van der Waals surface area contributed by atoms with Gasteiger partial charge < -0.3 is 10.8 Å². The fourth-order valence-corrected chi connectivity index (χ4v) is 1.21. The third kappa shape index (κ3) is 2.36. The van der Waals surface area contributed by atoms with Crippen LogP contribution in [0.2, 0.25) is 0 Å². The smallest absolute Gasteiger partial charge is 0.115 e. The number of hydrogen-bond acceptors (Lipinski definition) is 4. The number of nitrogen functional groups attached to an aromatic ring is 1. The molecule has 0 spiro atoms. The van der Waals surface area contributed by atoms with E-state index >= 15 is 0 Å². The molecule has 0 radical (unpaired) electrons.